The average Bonchev–Trinajstić information content (AvgIpc) is 3.18. The summed E-state index contributed by atoms with van der Waals surface area (Å²) in [5.41, 5.74) is 4.68. The smallest absolute Gasteiger partial charge is 0.407 e. The van der Waals surface area contributed by atoms with Gasteiger partial charge < -0.3 is 20.1 Å². The predicted octanol–water partition coefficient (Wildman–Crippen LogP) is 4.26. The Bertz CT molecular complexity index is 999. The molecule has 2 N–H and O–H groups in total. The number of carbonyl (C=O) groups excluding carboxylic acids is 2. The highest BCUT2D eigenvalue weighted by Crippen LogP contribution is 2.44. The molecule has 1 atom stereocenters. The first-order valence-corrected chi connectivity index (χ1v) is 12.0. The van der Waals surface area contributed by atoms with Crippen molar-refractivity contribution in [2.24, 2.45) is 11.8 Å². The second kappa shape index (κ2) is 10.7. The molecule has 0 spiro atoms. The van der Waals surface area contributed by atoms with Crippen LogP contribution in [0.15, 0.2) is 48.5 Å². The fourth-order valence-corrected chi connectivity index (χ4v) is 5.05. The Morgan fingerprint density at radius 1 is 1.03 bits per heavy atom. The van der Waals surface area contributed by atoms with E-state index in [0.717, 1.165) is 24.0 Å². The monoisotopic (exact) mass is 464 g/mol. The summed E-state index contributed by atoms with van der Waals surface area (Å²) in [6, 6.07) is 16.4. The number of ether oxygens (including phenoxy) is 1. The third kappa shape index (κ3) is 5.41. The van der Waals surface area contributed by atoms with Gasteiger partial charge in [0.15, 0.2) is 0 Å². The summed E-state index contributed by atoms with van der Waals surface area (Å²) < 4.78 is 5.55. The van der Waals surface area contributed by atoms with Crippen molar-refractivity contribution in [1.29, 1.82) is 0 Å². The van der Waals surface area contributed by atoms with Crippen molar-refractivity contribution in [1.82, 2.24) is 10.2 Å². The van der Waals surface area contributed by atoms with Crippen molar-refractivity contribution in [2.75, 3.05) is 26.2 Å². The first-order valence-electron chi connectivity index (χ1n) is 12.0. The van der Waals surface area contributed by atoms with Crippen molar-refractivity contribution in [3.63, 3.8) is 0 Å². The standard InChI is InChI=1S/C27H32N2O5/c1-18(26(32)29-14-12-19(13-15-29)10-11-25(30)31)16-28-27(33)34-17-24-22-8-4-2-6-20(22)21-7-3-5-9-23(21)24/h2-9,18-19,24H,10-17H2,1H3,(H,28,33)(H,30,31). The van der Waals surface area contributed by atoms with Gasteiger partial charge in [0.25, 0.3) is 0 Å². The number of likely N-dealkylation sites (tertiary alicyclic amines) is 1. The molecule has 1 fully saturated rings. The van der Waals surface area contributed by atoms with E-state index in [0.29, 0.717) is 25.4 Å². The Morgan fingerprint density at radius 2 is 1.62 bits per heavy atom. The molecule has 180 valence electrons. The lowest BCUT2D eigenvalue weighted by atomic mass is 9.91. The number of alkyl carbamates (subject to hydrolysis) is 1. The molecule has 2 aromatic carbocycles. The highest BCUT2D eigenvalue weighted by molar-refractivity contribution is 5.80. The second-order valence-electron chi connectivity index (χ2n) is 9.31. The number of rotatable bonds is 8. The molecule has 4 rings (SSSR count). The molecule has 1 saturated heterocycles. The van der Waals surface area contributed by atoms with Gasteiger partial charge in [0.1, 0.15) is 6.61 Å². The van der Waals surface area contributed by atoms with Crippen LogP contribution in [0.3, 0.4) is 0 Å². The number of amides is 2. The third-order valence-corrected chi connectivity index (χ3v) is 7.01. The van der Waals surface area contributed by atoms with E-state index in [-0.39, 0.29) is 37.3 Å². The molecule has 0 saturated carbocycles. The highest BCUT2D eigenvalue weighted by atomic mass is 16.5. The number of hydrogen-bond acceptors (Lipinski definition) is 4. The van der Waals surface area contributed by atoms with Crippen molar-refractivity contribution >= 4 is 18.0 Å². The van der Waals surface area contributed by atoms with Crippen LogP contribution in [0.25, 0.3) is 11.1 Å². The summed E-state index contributed by atoms with van der Waals surface area (Å²) >= 11 is 0. The van der Waals surface area contributed by atoms with Crippen LogP contribution in [-0.4, -0.2) is 54.2 Å². The molecule has 34 heavy (non-hydrogen) atoms. The van der Waals surface area contributed by atoms with Gasteiger partial charge in [-0.3, -0.25) is 9.59 Å². The first-order chi connectivity index (χ1) is 16.4. The molecule has 7 heteroatoms. The van der Waals surface area contributed by atoms with E-state index in [1.807, 2.05) is 36.1 Å². The van der Waals surface area contributed by atoms with E-state index in [1.165, 1.54) is 11.1 Å². The van der Waals surface area contributed by atoms with Gasteiger partial charge in [-0.15, -0.1) is 0 Å². The molecule has 1 aliphatic carbocycles. The number of piperidine rings is 1. The minimum Gasteiger partial charge on any atom is -0.481 e. The van der Waals surface area contributed by atoms with Crippen LogP contribution in [0.1, 0.15) is 49.7 Å². The lowest BCUT2D eigenvalue weighted by Crippen LogP contribution is -2.44. The Balaban J connectivity index is 1.23. The van der Waals surface area contributed by atoms with Gasteiger partial charge in [0.2, 0.25) is 5.91 Å². The molecule has 0 bridgehead atoms. The fourth-order valence-electron chi connectivity index (χ4n) is 5.05. The van der Waals surface area contributed by atoms with Gasteiger partial charge in [-0.25, -0.2) is 4.79 Å². The molecule has 2 aliphatic rings. The molecule has 2 amide bonds. The van der Waals surface area contributed by atoms with Crippen LogP contribution < -0.4 is 5.32 Å². The Labute approximate surface area is 200 Å². The van der Waals surface area contributed by atoms with Gasteiger partial charge in [-0.05, 0) is 47.4 Å². The second-order valence-corrected chi connectivity index (χ2v) is 9.31. The first kappa shape index (κ1) is 23.8. The topological polar surface area (TPSA) is 95.9 Å². The van der Waals surface area contributed by atoms with Crippen molar-refractivity contribution < 1.29 is 24.2 Å². The van der Waals surface area contributed by atoms with Crippen LogP contribution in [0, 0.1) is 11.8 Å². The van der Waals surface area contributed by atoms with Crippen LogP contribution in [0.4, 0.5) is 4.79 Å². The lowest BCUT2D eigenvalue weighted by Gasteiger charge is -2.33. The van der Waals surface area contributed by atoms with E-state index in [1.54, 1.807) is 0 Å². The quantitative estimate of drug-likeness (QED) is 0.608. The number of hydrogen-bond donors (Lipinski definition) is 2. The number of fused-ring (bicyclic) bond motifs is 3. The summed E-state index contributed by atoms with van der Waals surface area (Å²) in [6.45, 7) is 3.54. The molecular weight excluding hydrogens is 432 g/mol. The summed E-state index contributed by atoms with van der Waals surface area (Å²) in [5.74, 6) is -0.757. The number of benzene rings is 2. The molecule has 7 nitrogen and oxygen atoms in total. The molecular formula is C27H32N2O5. The Kier molecular flexibility index (Phi) is 7.50. The summed E-state index contributed by atoms with van der Waals surface area (Å²) in [5, 5.41) is 11.6. The summed E-state index contributed by atoms with van der Waals surface area (Å²) in [4.78, 5) is 37.7. The Morgan fingerprint density at radius 3 is 2.21 bits per heavy atom. The molecule has 2 aromatic rings. The van der Waals surface area contributed by atoms with E-state index >= 15 is 0 Å². The predicted molar refractivity (Wildman–Crippen MR) is 128 cm³/mol. The maximum Gasteiger partial charge on any atom is 0.407 e. The van der Waals surface area contributed by atoms with Crippen LogP contribution in [0.2, 0.25) is 0 Å². The van der Waals surface area contributed by atoms with Gasteiger partial charge in [0, 0.05) is 32.0 Å². The Hall–Kier alpha value is -3.35. The zero-order chi connectivity index (χ0) is 24.1. The van der Waals surface area contributed by atoms with E-state index < -0.39 is 12.1 Å². The molecule has 0 aromatic heterocycles. The molecule has 1 unspecified atom stereocenters. The number of aliphatic carboxylic acids is 1. The zero-order valence-electron chi connectivity index (χ0n) is 19.5. The molecule has 0 radical (unpaired) electrons. The van der Waals surface area contributed by atoms with E-state index in [4.69, 9.17) is 9.84 Å². The third-order valence-electron chi connectivity index (χ3n) is 7.01. The van der Waals surface area contributed by atoms with E-state index in [9.17, 15) is 14.4 Å². The summed E-state index contributed by atoms with van der Waals surface area (Å²) in [6.07, 6.45) is 1.97. The normalized spacial score (nSPS) is 16.4. The number of carbonyl (C=O) groups is 3. The minimum absolute atomic E-state index is 0.000344. The highest BCUT2D eigenvalue weighted by Gasteiger charge is 2.30. The number of nitrogens with one attached hydrogen (secondary N) is 1. The van der Waals surface area contributed by atoms with Gasteiger partial charge in [-0.1, -0.05) is 55.5 Å². The zero-order valence-corrected chi connectivity index (χ0v) is 19.5. The van der Waals surface area contributed by atoms with Crippen LogP contribution in [-0.2, 0) is 14.3 Å². The fraction of sp³-hybridized carbons (Fsp3) is 0.444. The van der Waals surface area contributed by atoms with Gasteiger partial charge in [-0.2, -0.15) is 0 Å². The molecule has 1 aliphatic heterocycles. The maximum absolute atomic E-state index is 12.8. The number of carboxylic acid groups (broad SMARTS) is 1. The SMILES string of the molecule is CC(CNC(=O)OCC1c2ccccc2-c2ccccc21)C(=O)N1CCC(CCC(=O)O)CC1. The van der Waals surface area contributed by atoms with Gasteiger partial charge in [0.05, 0.1) is 5.92 Å². The van der Waals surface area contributed by atoms with E-state index in [2.05, 4.69) is 29.6 Å². The summed E-state index contributed by atoms with van der Waals surface area (Å²) in [7, 11) is 0. The average molecular weight is 465 g/mol. The minimum atomic E-state index is -0.772. The maximum atomic E-state index is 12.8. The largest absolute Gasteiger partial charge is 0.481 e. The van der Waals surface area contributed by atoms with Crippen LogP contribution in [0.5, 0.6) is 0 Å². The van der Waals surface area contributed by atoms with Crippen molar-refractivity contribution in [3.8, 4) is 11.1 Å². The van der Waals surface area contributed by atoms with Crippen molar-refractivity contribution in [3.05, 3.63) is 59.7 Å². The number of nitrogens with zero attached hydrogens (tertiary/aromatic N) is 1. The molecule has 1 heterocycles. The lowest BCUT2D eigenvalue weighted by molar-refractivity contribution is -0.139. The number of carboxylic acids is 1. The van der Waals surface area contributed by atoms with Crippen LogP contribution >= 0.6 is 0 Å². The van der Waals surface area contributed by atoms with Gasteiger partial charge >= 0.3 is 12.1 Å². The van der Waals surface area contributed by atoms with Crippen molar-refractivity contribution in [2.45, 2.75) is 38.5 Å².